The van der Waals surface area contributed by atoms with Crippen molar-refractivity contribution < 1.29 is 5.11 Å². The van der Waals surface area contributed by atoms with Crippen LogP contribution in [-0.4, -0.2) is 23.2 Å². The van der Waals surface area contributed by atoms with E-state index in [0.29, 0.717) is 0 Å². The van der Waals surface area contributed by atoms with E-state index in [9.17, 15) is 0 Å². The zero-order valence-electron chi connectivity index (χ0n) is 5.29. The first-order chi connectivity index (χ1) is 3.81. The SMILES string of the molecule is C/C=C/C(O)CSC. The minimum absolute atomic E-state index is 0.255. The van der Waals surface area contributed by atoms with Gasteiger partial charge in [-0.15, -0.1) is 0 Å². The number of rotatable bonds is 3. The van der Waals surface area contributed by atoms with E-state index in [4.69, 9.17) is 5.11 Å². The lowest BCUT2D eigenvalue weighted by molar-refractivity contribution is 0.248. The summed E-state index contributed by atoms with van der Waals surface area (Å²) in [5.74, 6) is 0.796. The normalized spacial score (nSPS) is 14.9. The van der Waals surface area contributed by atoms with E-state index in [2.05, 4.69) is 0 Å². The summed E-state index contributed by atoms with van der Waals surface area (Å²) in [7, 11) is 0. The number of aliphatic hydroxyl groups excluding tert-OH is 1. The van der Waals surface area contributed by atoms with E-state index >= 15 is 0 Å². The fourth-order valence-corrected chi connectivity index (χ4v) is 0.901. The second-order valence-electron chi connectivity index (χ2n) is 1.55. The molecule has 0 aliphatic rings. The van der Waals surface area contributed by atoms with Crippen molar-refractivity contribution in [1.82, 2.24) is 0 Å². The van der Waals surface area contributed by atoms with Gasteiger partial charge in [0.1, 0.15) is 0 Å². The van der Waals surface area contributed by atoms with Gasteiger partial charge in [0.15, 0.2) is 0 Å². The second-order valence-corrected chi connectivity index (χ2v) is 2.46. The standard InChI is InChI=1S/C6H12OS/c1-3-4-6(7)5-8-2/h3-4,6-7H,5H2,1-2H3/b4-3+. The molecule has 0 saturated carbocycles. The molecule has 1 nitrogen and oxygen atoms in total. The lowest BCUT2D eigenvalue weighted by Crippen LogP contribution is -2.03. The Labute approximate surface area is 54.8 Å². The fourth-order valence-electron chi connectivity index (χ4n) is 0.448. The third-order valence-corrected chi connectivity index (χ3v) is 1.43. The summed E-state index contributed by atoms with van der Waals surface area (Å²) in [6.45, 7) is 1.91. The monoisotopic (exact) mass is 132 g/mol. The number of thioether (sulfide) groups is 1. The molecule has 1 unspecified atom stereocenters. The van der Waals surface area contributed by atoms with Gasteiger partial charge < -0.3 is 5.11 Å². The van der Waals surface area contributed by atoms with Crippen LogP contribution < -0.4 is 0 Å². The van der Waals surface area contributed by atoms with Crippen molar-refractivity contribution in [3.05, 3.63) is 12.2 Å². The quantitative estimate of drug-likeness (QED) is 0.584. The molecule has 48 valence electrons. The molecule has 2 heteroatoms. The van der Waals surface area contributed by atoms with E-state index in [1.54, 1.807) is 17.8 Å². The Morgan fingerprint density at radius 3 is 2.75 bits per heavy atom. The summed E-state index contributed by atoms with van der Waals surface area (Å²) in [4.78, 5) is 0. The smallest absolute Gasteiger partial charge is 0.0811 e. The Hall–Kier alpha value is 0.0500. The van der Waals surface area contributed by atoms with Crippen LogP contribution in [0.3, 0.4) is 0 Å². The van der Waals surface area contributed by atoms with Crippen molar-refractivity contribution in [1.29, 1.82) is 0 Å². The van der Waals surface area contributed by atoms with Crippen LogP contribution in [-0.2, 0) is 0 Å². The van der Waals surface area contributed by atoms with Crippen LogP contribution in [0.25, 0.3) is 0 Å². The molecule has 0 aliphatic carbocycles. The predicted molar refractivity (Wildman–Crippen MR) is 39.2 cm³/mol. The van der Waals surface area contributed by atoms with Gasteiger partial charge in [-0.1, -0.05) is 12.2 Å². The largest absolute Gasteiger partial charge is 0.388 e. The highest BCUT2D eigenvalue weighted by molar-refractivity contribution is 7.98. The maximum Gasteiger partial charge on any atom is 0.0811 e. The minimum Gasteiger partial charge on any atom is -0.388 e. The van der Waals surface area contributed by atoms with Crippen LogP contribution in [0.4, 0.5) is 0 Å². The number of hydrogen-bond acceptors (Lipinski definition) is 2. The molecule has 0 fully saturated rings. The fraction of sp³-hybridized carbons (Fsp3) is 0.667. The van der Waals surface area contributed by atoms with Crippen LogP contribution in [0.1, 0.15) is 6.92 Å². The van der Waals surface area contributed by atoms with Gasteiger partial charge in [-0.25, -0.2) is 0 Å². The summed E-state index contributed by atoms with van der Waals surface area (Å²) in [5.41, 5.74) is 0. The minimum atomic E-state index is -0.255. The summed E-state index contributed by atoms with van der Waals surface area (Å²) in [6, 6.07) is 0. The summed E-state index contributed by atoms with van der Waals surface area (Å²) in [5, 5.41) is 8.94. The number of aliphatic hydroxyl groups is 1. The van der Waals surface area contributed by atoms with Gasteiger partial charge in [0.05, 0.1) is 6.10 Å². The molecular formula is C6H12OS. The van der Waals surface area contributed by atoms with E-state index in [0.717, 1.165) is 5.75 Å². The van der Waals surface area contributed by atoms with Gasteiger partial charge in [-0.2, -0.15) is 11.8 Å². The van der Waals surface area contributed by atoms with Crippen molar-refractivity contribution in [2.45, 2.75) is 13.0 Å². The molecule has 0 radical (unpaired) electrons. The molecule has 0 bridgehead atoms. The van der Waals surface area contributed by atoms with E-state index in [1.807, 2.05) is 19.3 Å². The summed E-state index contributed by atoms with van der Waals surface area (Å²) in [6.07, 6.45) is 5.37. The third-order valence-electron chi connectivity index (χ3n) is 0.752. The molecular weight excluding hydrogens is 120 g/mol. The van der Waals surface area contributed by atoms with Crippen molar-refractivity contribution in [2.24, 2.45) is 0 Å². The van der Waals surface area contributed by atoms with Crippen LogP contribution in [0.15, 0.2) is 12.2 Å². The Bertz CT molecular complexity index is 70.9. The zero-order valence-corrected chi connectivity index (χ0v) is 6.11. The molecule has 1 atom stereocenters. The van der Waals surface area contributed by atoms with Gasteiger partial charge in [-0.3, -0.25) is 0 Å². The first-order valence-electron chi connectivity index (χ1n) is 2.61. The molecule has 0 amide bonds. The van der Waals surface area contributed by atoms with Gasteiger partial charge >= 0.3 is 0 Å². The lowest BCUT2D eigenvalue weighted by Gasteiger charge is -1.98. The molecule has 1 N–H and O–H groups in total. The average Bonchev–Trinajstić information content (AvgIpc) is 1.68. The molecule has 0 aromatic rings. The third kappa shape index (κ3) is 4.22. The van der Waals surface area contributed by atoms with Gasteiger partial charge in [0, 0.05) is 5.75 Å². The van der Waals surface area contributed by atoms with Gasteiger partial charge in [0.2, 0.25) is 0 Å². The molecule has 0 heterocycles. The zero-order chi connectivity index (χ0) is 6.41. The Balaban J connectivity index is 3.17. The van der Waals surface area contributed by atoms with Crippen molar-refractivity contribution >= 4 is 11.8 Å². The molecule has 8 heavy (non-hydrogen) atoms. The highest BCUT2D eigenvalue weighted by Gasteiger charge is 1.92. The Morgan fingerprint density at radius 1 is 1.75 bits per heavy atom. The van der Waals surface area contributed by atoms with Crippen LogP contribution in [0.2, 0.25) is 0 Å². The van der Waals surface area contributed by atoms with Crippen molar-refractivity contribution in [3.8, 4) is 0 Å². The maximum absolute atomic E-state index is 8.94. The molecule has 0 saturated heterocycles. The molecule has 0 aromatic heterocycles. The van der Waals surface area contributed by atoms with Crippen molar-refractivity contribution in [2.75, 3.05) is 12.0 Å². The van der Waals surface area contributed by atoms with Gasteiger partial charge in [0.25, 0.3) is 0 Å². The molecule has 0 aromatic carbocycles. The first-order valence-corrected chi connectivity index (χ1v) is 4.00. The highest BCUT2D eigenvalue weighted by Crippen LogP contribution is 1.96. The Morgan fingerprint density at radius 2 is 2.38 bits per heavy atom. The van der Waals surface area contributed by atoms with Crippen molar-refractivity contribution in [3.63, 3.8) is 0 Å². The molecule has 0 rings (SSSR count). The topological polar surface area (TPSA) is 20.2 Å². The number of allylic oxidation sites excluding steroid dienone is 1. The predicted octanol–water partition coefficient (Wildman–Crippen LogP) is 1.29. The number of hydrogen-bond donors (Lipinski definition) is 1. The van der Waals surface area contributed by atoms with E-state index in [-0.39, 0.29) is 6.10 Å². The maximum atomic E-state index is 8.94. The highest BCUT2D eigenvalue weighted by atomic mass is 32.2. The average molecular weight is 132 g/mol. The van der Waals surface area contributed by atoms with Crippen LogP contribution >= 0.6 is 11.8 Å². The van der Waals surface area contributed by atoms with E-state index in [1.165, 1.54) is 0 Å². The van der Waals surface area contributed by atoms with Gasteiger partial charge in [-0.05, 0) is 13.2 Å². The summed E-state index contributed by atoms with van der Waals surface area (Å²) < 4.78 is 0. The second kappa shape index (κ2) is 5.19. The van der Waals surface area contributed by atoms with E-state index < -0.39 is 0 Å². The lowest BCUT2D eigenvalue weighted by atomic mass is 10.4. The molecule has 0 aliphatic heterocycles. The summed E-state index contributed by atoms with van der Waals surface area (Å²) >= 11 is 1.65. The molecule has 0 spiro atoms. The Kier molecular flexibility index (Phi) is 5.22. The van der Waals surface area contributed by atoms with Crippen LogP contribution in [0, 0.1) is 0 Å². The van der Waals surface area contributed by atoms with Crippen LogP contribution in [0.5, 0.6) is 0 Å². The first kappa shape index (κ1) is 8.05.